The number of hydrogen-bond donors (Lipinski definition) is 2. The maximum atomic E-state index is 12.1. The minimum atomic E-state index is -0.298. The van der Waals surface area contributed by atoms with Crippen LogP contribution in [0.15, 0.2) is 23.0 Å². The molecule has 0 bridgehead atoms. The first kappa shape index (κ1) is 11.9. The maximum absolute atomic E-state index is 12.1. The van der Waals surface area contributed by atoms with E-state index in [9.17, 15) is 9.90 Å². The topological polar surface area (TPSA) is 81.1 Å². The fraction of sp³-hybridized carbons (Fsp3) is 0.273. The van der Waals surface area contributed by atoms with Gasteiger partial charge in [0.1, 0.15) is 5.75 Å². The van der Waals surface area contributed by atoms with Crippen molar-refractivity contribution in [3.63, 3.8) is 0 Å². The van der Waals surface area contributed by atoms with E-state index in [1.165, 1.54) is 16.7 Å². The van der Waals surface area contributed by atoms with Gasteiger partial charge < -0.3 is 10.8 Å². The van der Waals surface area contributed by atoms with Gasteiger partial charge in [-0.05, 0) is 36.7 Å². The van der Waals surface area contributed by atoms with Crippen LogP contribution in [0.4, 0.5) is 0 Å². The Labute approximate surface area is 102 Å². The second-order valence-electron chi connectivity index (χ2n) is 3.98. The number of phenols is 1. The Bertz CT molecular complexity index is 622. The molecule has 1 heterocycles. The van der Waals surface area contributed by atoms with Gasteiger partial charge in [0.05, 0.1) is 10.9 Å². The lowest BCUT2D eigenvalue weighted by Gasteiger charge is -2.11. The number of nitrogens with zero attached hydrogens (tertiary/aromatic N) is 2. The van der Waals surface area contributed by atoms with Crippen LogP contribution in [0.25, 0.3) is 10.9 Å². The molecule has 5 nitrogen and oxygen atoms in total. The van der Waals surface area contributed by atoms with Gasteiger partial charge >= 0.3 is 0 Å². The van der Waals surface area contributed by atoms with Gasteiger partial charge in [-0.15, -0.1) is 0 Å². The van der Waals surface area contributed by atoms with Gasteiger partial charge in [-0.1, -0.05) is 0 Å². The summed E-state index contributed by atoms with van der Waals surface area (Å²) in [6.07, 6.45) is 0. The number of aromatic hydroxyl groups is 1. The summed E-state index contributed by atoms with van der Waals surface area (Å²) in [5, 5.41) is 9.79. The first-order chi connectivity index (χ1) is 7.99. The molecule has 2 aromatic rings. The number of hydrogen-bond acceptors (Lipinski definition) is 4. The first-order valence-electron chi connectivity index (χ1n) is 5.13. The SMILES string of the molecule is CC(N)Cn1c(Cl)nc2ccc(O)cc2c1=O. The zero-order valence-corrected chi connectivity index (χ0v) is 9.98. The lowest BCUT2D eigenvalue weighted by Crippen LogP contribution is -2.31. The van der Waals surface area contributed by atoms with Crippen LogP contribution in [0.5, 0.6) is 5.75 Å². The molecule has 0 aliphatic heterocycles. The van der Waals surface area contributed by atoms with Crippen LogP contribution >= 0.6 is 11.6 Å². The fourth-order valence-electron chi connectivity index (χ4n) is 1.63. The van der Waals surface area contributed by atoms with E-state index in [1.807, 2.05) is 0 Å². The molecular weight excluding hydrogens is 242 g/mol. The summed E-state index contributed by atoms with van der Waals surface area (Å²) in [6.45, 7) is 2.06. The molecule has 1 aromatic carbocycles. The zero-order valence-electron chi connectivity index (χ0n) is 9.22. The summed E-state index contributed by atoms with van der Waals surface area (Å²) in [4.78, 5) is 16.2. The second-order valence-corrected chi connectivity index (χ2v) is 4.31. The standard InChI is InChI=1S/C11H12ClN3O2/c1-6(13)5-15-10(17)8-4-7(16)2-3-9(8)14-11(15)12/h2-4,6,16H,5,13H2,1H3. The average molecular weight is 254 g/mol. The molecule has 1 atom stereocenters. The minimum absolute atomic E-state index is 0.0195. The Morgan fingerprint density at radius 3 is 2.94 bits per heavy atom. The molecule has 3 N–H and O–H groups in total. The summed E-state index contributed by atoms with van der Waals surface area (Å²) in [7, 11) is 0. The van der Waals surface area contributed by atoms with Gasteiger partial charge in [0.15, 0.2) is 0 Å². The number of aromatic nitrogens is 2. The minimum Gasteiger partial charge on any atom is -0.508 e. The Kier molecular flexibility index (Phi) is 3.04. The maximum Gasteiger partial charge on any atom is 0.262 e. The summed E-state index contributed by atoms with van der Waals surface area (Å²) in [5.41, 5.74) is 5.80. The van der Waals surface area contributed by atoms with Crippen LogP contribution in [0.1, 0.15) is 6.92 Å². The molecule has 0 spiro atoms. The van der Waals surface area contributed by atoms with E-state index in [0.717, 1.165) is 0 Å². The lowest BCUT2D eigenvalue weighted by molar-refractivity contribution is 0.476. The van der Waals surface area contributed by atoms with E-state index < -0.39 is 0 Å². The Balaban J connectivity index is 2.73. The molecule has 90 valence electrons. The van der Waals surface area contributed by atoms with Crippen LogP contribution in [0, 0.1) is 0 Å². The monoisotopic (exact) mass is 253 g/mol. The van der Waals surface area contributed by atoms with Crippen molar-refractivity contribution in [3.8, 4) is 5.75 Å². The fourth-order valence-corrected chi connectivity index (χ4v) is 1.86. The molecule has 0 aliphatic carbocycles. The van der Waals surface area contributed by atoms with E-state index in [1.54, 1.807) is 13.0 Å². The van der Waals surface area contributed by atoms with Crippen molar-refractivity contribution in [2.45, 2.75) is 19.5 Å². The predicted molar refractivity (Wildman–Crippen MR) is 66.3 cm³/mol. The molecule has 0 saturated heterocycles. The van der Waals surface area contributed by atoms with Gasteiger partial charge in [0.25, 0.3) is 5.56 Å². The van der Waals surface area contributed by atoms with E-state index in [-0.39, 0.29) is 29.2 Å². The third-order valence-corrected chi connectivity index (χ3v) is 2.65. The van der Waals surface area contributed by atoms with Gasteiger partial charge in [0, 0.05) is 12.6 Å². The number of halogens is 1. The molecule has 0 radical (unpaired) electrons. The first-order valence-corrected chi connectivity index (χ1v) is 5.51. The molecular formula is C11H12ClN3O2. The molecule has 17 heavy (non-hydrogen) atoms. The number of phenolic OH excluding ortho intramolecular Hbond substituents is 1. The molecule has 0 amide bonds. The van der Waals surface area contributed by atoms with Crippen molar-refractivity contribution >= 4 is 22.5 Å². The molecule has 2 rings (SSSR count). The quantitative estimate of drug-likeness (QED) is 0.786. The predicted octanol–water partition coefficient (Wildman–Crippen LogP) is 1.10. The van der Waals surface area contributed by atoms with Gasteiger partial charge in [-0.2, -0.15) is 0 Å². The zero-order chi connectivity index (χ0) is 12.6. The third-order valence-electron chi connectivity index (χ3n) is 2.36. The van der Waals surface area contributed by atoms with Crippen molar-refractivity contribution in [3.05, 3.63) is 33.8 Å². The van der Waals surface area contributed by atoms with E-state index in [2.05, 4.69) is 4.98 Å². The molecule has 1 aromatic heterocycles. The highest BCUT2D eigenvalue weighted by molar-refractivity contribution is 6.28. The largest absolute Gasteiger partial charge is 0.508 e. The summed E-state index contributed by atoms with van der Waals surface area (Å²) < 4.78 is 1.30. The third kappa shape index (κ3) is 2.25. The van der Waals surface area contributed by atoms with Crippen molar-refractivity contribution in [2.75, 3.05) is 0 Å². The van der Waals surface area contributed by atoms with Crippen molar-refractivity contribution in [1.82, 2.24) is 9.55 Å². The van der Waals surface area contributed by atoms with Crippen molar-refractivity contribution < 1.29 is 5.11 Å². The highest BCUT2D eigenvalue weighted by Crippen LogP contribution is 2.17. The van der Waals surface area contributed by atoms with E-state index in [4.69, 9.17) is 17.3 Å². The Morgan fingerprint density at radius 2 is 2.29 bits per heavy atom. The van der Waals surface area contributed by atoms with E-state index in [0.29, 0.717) is 10.9 Å². The molecule has 1 unspecified atom stereocenters. The van der Waals surface area contributed by atoms with Gasteiger partial charge in [-0.25, -0.2) is 4.98 Å². The smallest absolute Gasteiger partial charge is 0.262 e. The highest BCUT2D eigenvalue weighted by Gasteiger charge is 2.11. The number of benzene rings is 1. The Hall–Kier alpha value is -1.59. The van der Waals surface area contributed by atoms with Crippen LogP contribution in [0.3, 0.4) is 0 Å². The number of rotatable bonds is 2. The number of fused-ring (bicyclic) bond motifs is 1. The second kappa shape index (κ2) is 4.35. The summed E-state index contributed by atoms with van der Waals surface area (Å²) >= 11 is 5.93. The van der Waals surface area contributed by atoms with Gasteiger partial charge in [-0.3, -0.25) is 9.36 Å². The molecule has 0 fully saturated rings. The number of nitrogens with two attached hydrogens (primary N) is 1. The van der Waals surface area contributed by atoms with Crippen LogP contribution < -0.4 is 11.3 Å². The lowest BCUT2D eigenvalue weighted by atomic mass is 10.2. The van der Waals surface area contributed by atoms with Crippen LogP contribution in [-0.2, 0) is 6.54 Å². The summed E-state index contributed by atoms with van der Waals surface area (Å²) in [6, 6.07) is 4.18. The molecule has 0 aliphatic rings. The molecule has 0 saturated carbocycles. The highest BCUT2D eigenvalue weighted by atomic mass is 35.5. The molecule has 6 heteroatoms. The Morgan fingerprint density at radius 1 is 1.59 bits per heavy atom. The van der Waals surface area contributed by atoms with Crippen molar-refractivity contribution in [2.24, 2.45) is 5.73 Å². The average Bonchev–Trinajstić information content (AvgIpc) is 2.25. The normalized spacial score (nSPS) is 12.9. The van der Waals surface area contributed by atoms with Gasteiger partial charge in [0.2, 0.25) is 5.28 Å². The summed E-state index contributed by atoms with van der Waals surface area (Å²) in [5.74, 6) is 0.0195. The van der Waals surface area contributed by atoms with Crippen molar-refractivity contribution in [1.29, 1.82) is 0 Å². The van der Waals surface area contributed by atoms with Crippen LogP contribution in [-0.4, -0.2) is 20.7 Å². The van der Waals surface area contributed by atoms with E-state index >= 15 is 0 Å². The van der Waals surface area contributed by atoms with Crippen LogP contribution in [0.2, 0.25) is 5.28 Å².